The number of Topliss-reactive ketones (excluding diaryl/α,β-unsaturated/α-hetero) is 2. The average Bonchev–Trinajstić information content (AvgIpc) is 3.23. The SMILES string of the molecule is CC(C)C(CC(=O)OCc1ccccc1)C(=O)CC1C(=O)C(=O)NCCC2CCC1C2. The van der Waals surface area contributed by atoms with Gasteiger partial charge in [0.25, 0.3) is 5.91 Å². The molecule has 2 fully saturated rings. The summed E-state index contributed by atoms with van der Waals surface area (Å²) in [4.78, 5) is 50.6. The first-order valence-corrected chi connectivity index (χ1v) is 11.4. The maximum Gasteiger partial charge on any atom is 0.306 e. The standard InChI is InChI=1S/C25H33NO5/c1-16(2)20(14-23(28)31-15-18-6-4-3-5-7-18)22(27)13-21-19-9-8-17(12-19)10-11-26-25(30)24(21)29/h3-7,16-17,19-21H,8-15H2,1-2H3,(H,26,30). The number of ether oxygens (including phenoxy) is 1. The summed E-state index contributed by atoms with van der Waals surface area (Å²) in [7, 11) is 0. The Balaban J connectivity index is 1.63. The molecule has 1 heterocycles. The van der Waals surface area contributed by atoms with Gasteiger partial charge >= 0.3 is 5.97 Å². The van der Waals surface area contributed by atoms with E-state index in [2.05, 4.69) is 5.32 Å². The van der Waals surface area contributed by atoms with Crippen LogP contribution >= 0.6 is 0 Å². The second-order valence-electron chi connectivity index (χ2n) is 9.33. The smallest absolute Gasteiger partial charge is 0.306 e. The zero-order valence-electron chi connectivity index (χ0n) is 18.5. The summed E-state index contributed by atoms with van der Waals surface area (Å²) in [5, 5.41) is 2.70. The first kappa shape index (κ1) is 23.2. The molecule has 1 amide bonds. The van der Waals surface area contributed by atoms with Gasteiger partial charge in [0.15, 0.2) is 0 Å². The molecule has 1 saturated heterocycles. The lowest BCUT2D eigenvalue weighted by Crippen LogP contribution is -2.39. The van der Waals surface area contributed by atoms with Gasteiger partial charge in [0.05, 0.1) is 6.42 Å². The van der Waals surface area contributed by atoms with E-state index >= 15 is 0 Å². The average molecular weight is 428 g/mol. The number of carbonyl (C=O) groups is 4. The summed E-state index contributed by atoms with van der Waals surface area (Å²) >= 11 is 0. The van der Waals surface area contributed by atoms with Crippen molar-refractivity contribution in [3.8, 4) is 0 Å². The zero-order valence-corrected chi connectivity index (χ0v) is 18.5. The fourth-order valence-electron chi connectivity index (χ4n) is 4.93. The molecule has 4 unspecified atom stereocenters. The summed E-state index contributed by atoms with van der Waals surface area (Å²) in [6.07, 6.45) is 3.72. The molecule has 3 rings (SSSR count). The van der Waals surface area contributed by atoms with Crippen LogP contribution in [0.2, 0.25) is 0 Å². The fourth-order valence-corrected chi connectivity index (χ4v) is 4.93. The van der Waals surface area contributed by atoms with Crippen molar-refractivity contribution in [3.63, 3.8) is 0 Å². The Morgan fingerprint density at radius 2 is 1.84 bits per heavy atom. The van der Waals surface area contributed by atoms with E-state index in [1.807, 2.05) is 44.2 Å². The normalized spacial score (nSPS) is 24.7. The molecule has 1 aliphatic carbocycles. The number of benzene rings is 1. The fraction of sp³-hybridized carbons (Fsp3) is 0.600. The van der Waals surface area contributed by atoms with Crippen LogP contribution in [0.3, 0.4) is 0 Å². The van der Waals surface area contributed by atoms with Crippen LogP contribution in [0.25, 0.3) is 0 Å². The molecular weight excluding hydrogens is 394 g/mol. The van der Waals surface area contributed by atoms with E-state index in [1.54, 1.807) is 0 Å². The van der Waals surface area contributed by atoms with Gasteiger partial charge in [-0.1, -0.05) is 50.6 Å². The predicted molar refractivity (Wildman–Crippen MR) is 116 cm³/mol. The van der Waals surface area contributed by atoms with Crippen LogP contribution in [-0.4, -0.2) is 30.0 Å². The highest BCUT2D eigenvalue weighted by atomic mass is 16.5. The lowest BCUT2D eigenvalue weighted by atomic mass is 9.78. The highest BCUT2D eigenvalue weighted by molar-refractivity contribution is 6.37. The minimum absolute atomic E-state index is 0.0102. The van der Waals surface area contributed by atoms with E-state index in [-0.39, 0.29) is 37.1 Å². The highest BCUT2D eigenvalue weighted by Gasteiger charge is 2.41. The molecule has 1 aromatic rings. The maximum atomic E-state index is 13.2. The number of hydrogen-bond acceptors (Lipinski definition) is 5. The van der Waals surface area contributed by atoms with Crippen LogP contribution in [-0.2, 0) is 30.5 Å². The third-order valence-corrected chi connectivity index (χ3v) is 6.82. The minimum atomic E-state index is -0.586. The van der Waals surface area contributed by atoms with E-state index in [9.17, 15) is 19.2 Å². The van der Waals surface area contributed by atoms with Crippen molar-refractivity contribution >= 4 is 23.4 Å². The van der Waals surface area contributed by atoms with Crippen molar-refractivity contribution in [1.29, 1.82) is 0 Å². The molecule has 168 valence electrons. The molecule has 4 atom stereocenters. The molecule has 31 heavy (non-hydrogen) atoms. The van der Waals surface area contributed by atoms with E-state index in [4.69, 9.17) is 4.74 Å². The summed E-state index contributed by atoms with van der Waals surface area (Å²) in [6, 6.07) is 9.40. The van der Waals surface area contributed by atoms with Crippen molar-refractivity contribution in [2.75, 3.05) is 6.54 Å². The number of nitrogens with one attached hydrogen (secondary N) is 1. The van der Waals surface area contributed by atoms with Gasteiger partial charge in [-0.15, -0.1) is 0 Å². The molecule has 6 nitrogen and oxygen atoms in total. The Labute approximate surface area is 184 Å². The van der Waals surface area contributed by atoms with Gasteiger partial charge in [-0.05, 0) is 42.6 Å². The third kappa shape index (κ3) is 6.25. The first-order chi connectivity index (χ1) is 14.8. The maximum absolute atomic E-state index is 13.2. The second kappa shape index (κ2) is 10.7. The Hall–Kier alpha value is -2.50. The molecule has 0 aromatic heterocycles. The molecule has 6 heteroatoms. The second-order valence-corrected chi connectivity index (χ2v) is 9.33. The Bertz CT molecular complexity index is 803. The Kier molecular flexibility index (Phi) is 7.99. The van der Waals surface area contributed by atoms with Gasteiger partial charge in [-0.2, -0.15) is 0 Å². The van der Waals surface area contributed by atoms with Crippen LogP contribution in [0, 0.1) is 29.6 Å². The summed E-state index contributed by atoms with van der Waals surface area (Å²) in [5.74, 6) is -2.19. The number of ketones is 2. The van der Waals surface area contributed by atoms with Crippen LogP contribution in [0.15, 0.2) is 30.3 Å². The van der Waals surface area contributed by atoms with E-state index < -0.39 is 29.5 Å². The van der Waals surface area contributed by atoms with Gasteiger partial charge < -0.3 is 10.1 Å². The number of fused-ring (bicyclic) bond motifs is 2. The molecule has 1 aromatic carbocycles. The van der Waals surface area contributed by atoms with Crippen LogP contribution in [0.1, 0.15) is 57.9 Å². The largest absolute Gasteiger partial charge is 0.461 e. The zero-order chi connectivity index (χ0) is 22.4. The number of esters is 1. The van der Waals surface area contributed by atoms with Crippen LogP contribution in [0.4, 0.5) is 0 Å². The van der Waals surface area contributed by atoms with E-state index in [1.165, 1.54) is 0 Å². The topological polar surface area (TPSA) is 89.5 Å². The van der Waals surface area contributed by atoms with Crippen molar-refractivity contribution in [2.45, 2.75) is 59.0 Å². The summed E-state index contributed by atoms with van der Waals surface area (Å²) in [6.45, 7) is 4.49. The molecule has 1 saturated carbocycles. The van der Waals surface area contributed by atoms with Crippen molar-refractivity contribution in [3.05, 3.63) is 35.9 Å². The summed E-state index contributed by atoms with van der Waals surface area (Å²) in [5.41, 5.74) is 0.890. The Morgan fingerprint density at radius 3 is 2.55 bits per heavy atom. The number of amides is 1. The quantitative estimate of drug-likeness (QED) is 0.507. The van der Waals surface area contributed by atoms with Crippen LogP contribution in [0.5, 0.6) is 0 Å². The van der Waals surface area contributed by atoms with E-state index in [0.29, 0.717) is 12.5 Å². The predicted octanol–water partition coefficient (Wildman–Crippen LogP) is 3.47. The van der Waals surface area contributed by atoms with Crippen molar-refractivity contribution in [1.82, 2.24) is 5.32 Å². The highest BCUT2D eigenvalue weighted by Crippen LogP contribution is 2.40. The van der Waals surface area contributed by atoms with Crippen LogP contribution < -0.4 is 5.32 Å². The molecule has 2 aliphatic rings. The monoisotopic (exact) mass is 427 g/mol. The minimum Gasteiger partial charge on any atom is -0.461 e. The molecule has 2 bridgehead atoms. The van der Waals surface area contributed by atoms with Gasteiger partial charge in [-0.3, -0.25) is 19.2 Å². The summed E-state index contributed by atoms with van der Waals surface area (Å²) < 4.78 is 5.37. The van der Waals surface area contributed by atoms with Gasteiger partial charge in [-0.25, -0.2) is 0 Å². The van der Waals surface area contributed by atoms with Gasteiger partial charge in [0.2, 0.25) is 5.78 Å². The molecule has 0 radical (unpaired) electrons. The molecule has 1 N–H and O–H groups in total. The molecular formula is C25H33NO5. The number of hydrogen-bond donors (Lipinski definition) is 1. The van der Waals surface area contributed by atoms with Crippen molar-refractivity contribution < 1.29 is 23.9 Å². The van der Waals surface area contributed by atoms with Gasteiger partial charge in [0, 0.05) is 24.8 Å². The molecule has 0 spiro atoms. The van der Waals surface area contributed by atoms with E-state index in [0.717, 1.165) is 31.2 Å². The first-order valence-electron chi connectivity index (χ1n) is 11.4. The number of rotatable bonds is 8. The number of carbonyl (C=O) groups excluding carboxylic acids is 4. The van der Waals surface area contributed by atoms with Crippen molar-refractivity contribution in [2.24, 2.45) is 29.6 Å². The molecule has 1 aliphatic heterocycles. The van der Waals surface area contributed by atoms with Gasteiger partial charge in [0.1, 0.15) is 12.4 Å². The lowest BCUT2D eigenvalue weighted by molar-refractivity contribution is -0.149. The lowest BCUT2D eigenvalue weighted by Gasteiger charge is -2.25. The third-order valence-electron chi connectivity index (χ3n) is 6.82. The Morgan fingerprint density at radius 1 is 1.10 bits per heavy atom.